The van der Waals surface area contributed by atoms with Gasteiger partial charge in [0.25, 0.3) is 0 Å². The number of esters is 1. The second kappa shape index (κ2) is 12.9. The quantitative estimate of drug-likeness (QED) is 0.111. The lowest BCUT2D eigenvalue weighted by Crippen LogP contribution is -2.35. The van der Waals surface area contributed by atoms with E-state index in [1.165, 1.54) is 44.1 Å². The maximum absolute atomic E-state index is 11.8. The zero-order valence-electron chi connectivity index (χ0n) is 20.6. The van der Waals surface area contributed by atoms with E-state index in [9.17, 15) is 4.79 Å². The maximum atomic E-state index is 11.8. The normalized spacial score (nSPS) is 23.0. The lowest BCUT2D eigenvalue weighted by Gasteiger charge is -2.46. The Hall–Kier alpha value is -1.99. The van der Waals surface area contributed by atoms with Gasteiger partial charge >= 0.3 is 5.97 Å². The van der Waals surface area contributed by atoms with E-state index in [2.05, 4.69) is 49.3 Å². The minimum Gasteiger partial charge on any atom is -0.458 e. The van der Waals surface area contributed by atoms with Crippen LogP contribution in [-0.2, 0) is 14.3 Å². The molecule has 0 radical (unpaired) electrons. The summed E-state index contributed by atoms with van der Waals surface area (Å²) < 4.78 is 10.8. The third-order valence-corrected chi connectivity index (χ3v) is 6.83. The van der Waals surface area contributed by atoms with Crippen LogP contribution in [-0.4, -0.2) is 24.8 Å². The van der Waals surface area contributed by atoms with Crippen molar-refractivity contribution < 1.29 is 14.3 Å². The van der Waals surface area contributed by atoms with E-state index in [0.29, 0.717) is 23.9 Å². The molecule has 2 aliphatic rings. The van der Waals surface area contributed by atoms with Crippen LogP contribution >= 0.6 is 0 Å². The predicted octanol–water partition coefficient (Wildman–Crippen LogP) is 6.08. The van der Waals surface area contributed by atoms with E-state index < -0.39 is 5.60 Å². The molecule has 2 fully saturated rings. The van der Waals surface area contributed by atoms with Gasteiger partial charge in [-0.15, -0.1) is 0 Å². The average molecular weight is 442 g/mol. The topological polar surface area (TPSA) is 61.5 Å². The number of carbonyl (C=O) groups excluding carboxylic acids is 1. The minimum absolute atomic E-state index is 0.000789. The molecule has 178 valence electrons. The Morgan fingerprint density at radius 3 is 2.69 bits per heavy atom. The van der Waals surface area contributed by atoms with E-state index >= 15 is 0 Å². The van der Waals surface area contributed by atoms with E-state index in [1.54, 1.807) is 0 Å². The molecular weight excluding hydrogens is 398 g/mol. The largest absolute Gasteiger partial charge is 0.458 e. The van der Waals surface area contributed by atoms with Crippen molar-refractivity contribution in [2.75, 3.05) is 13.2 Å². The summed E-state index contributed by atoms with van der Waals surface area (Å²) in [5, 5.41) is 0. The fourth-order valence-corrected chi connectivity index (χ4v) is 4.80. The third-order valence-electron chi connectivity index (χ3n) is 6.83. The van der Waals surface area contributed by atoms with Crippen LogP contribution in [0.3, 0.4) is 0 Å². The van der Waals surface area contributed by atoms with Gasteiger partial charge in [-0.05, 0) is 76.5 Å². The Labute approximate surface area is 195 Å². The van der Waals surface area contributed by atoms with E-state index in [0.717, 1.165) is 19.3 Å². The summed E-state index contributed by atoms with van der Waals surface area (Å²) in [7, 11) is 0. The number of allylic oxidation sites excluding steroid dienone is 5. The monoisotopic (exact) mass is 441 g/mol. The second-order valence-electron chi connectivity index (χ2n) is 10.3. The Balaban J connectivity index is 1.83. The van der Waals surface area contributed by atoms with Crippen molar-refractivity contribution in [2.45, 2.75) is 91.1 Å². The SMILES string of the molecule is CC(/C=C/C=C/C1CCCC/C1=C\COCC(=O)OC(C)(C)C)C1(CCC#CN)CCC1. The molecule has 4 heteroatoms. The predicted molar refractivity (Wildman–Crippen MR) is 132 cm³/mol. The van der Waals surface area contributed by atoms with Gasteiger partial charge in [0.1, 0.15) is 12.2 Å². The summed E-state index contributed by atoms with van der Waals surface area (Å²) in [5.41, 5.74) is 6.70. The van der Waals surface area contributed by atoms with E-state index in [4.69, 9.17) is 15.2 Å². The Morgan fingerprint density at radius 1 is 1.25 bits per heavy atom. The molecule has 2 rings (SSSR count). The minimum atomic E-state index is -0.472. The summed E-state index contributed by atoms with van der Waals surface area (Å²) >= 11 is 0. The Kier molecular flexibility index (Phi) is 10.6. The van der Waals surface area contributed by atoms with Crippen LogP contribution in [0.4, 0.5) is 0 Å². The van der Waals surface area contributed by atoms with Gasteiger partial charge in [-0.2, -0.15) is 0 Å². The molecule has 0 amide bonds. The average Bonchev–Trinajstić information content (AvgIpc) is 2.70. The first-order valence-electron chi connectivity index (χ1n) is 12.3. The van der Waals surface area contributed by atoms with Crippen LogP contribution in [0.2, 0.25) is 0 Å². The van der Waals surface area contributed by atoms with Crippen molar-refractivity contribution in [1.82, 2.24) is 0 Å². The molecule has 0 bridgehead atoms. The van der Waals surface area contributed by atoms with Crippen molar-refractivity contribution in [3.05, 3.63) is 36.0 Å². The summed E-state index contributed by atoms with van der Waals surface area (Å²) in [6.45, 7) is 8.39. The molecule has 0 aliphatic heterocycles. The molecule has 2 unspecified atom stereocenters. The van der Waals surface area contributed by atoms with Crippen molar-refractivity contribution in [3.63, 3.8) is 0 Å². The number of rotatable bonds is 10. The van der Waals surface area contributed by atoms with Crippen LogP contribution in [0, 0.1) is 29.2 Å². The first-order chi connectivity index (χ1) is 15.3. The van der Waals surface area contributed by atoms with E-state index in [1.807, 2.05) is 20.8 Å². The Morgan fingerprint density at radius 2 is 2.03 bits per heavy atom. The highest BCUT2D eigenvalue weighted by Crippen LogP contribution is 2.51. The molecule has 2 N–H and O–H groups in total. The number of nitrogens with two attached hydrogens (primary N) is 1. The van der Waals surface area contributed by atoms with Crippen molar-refractivity contribution in [1.29, 1.82) is 0 Å². The molecule has 0 spiro atoms. The first kappa shape index (κ1) is 26.3. The Bertz CT molecular complexity index is 741. The molecule has 4 nitrogen and oxygen atoms in total. The van der Waals surface area contributed by atoms with Gasteiger partial charge in [0.2, 0.25) is 0 Å². The summed E-state index contributed by atoms with van der Waals surface area (Å²) in [4.78, 5) is 11.8. The number of hydrogen-bond acceptors (Lipinski definition) is 4. The highest BCUT2D eigenvalue weighted by atomic mass is 16.6. The highest BCUT2D eigenvalue weighted by molar-refractivity contribution is 5.71. The van der Waals surface area contributed by atoms with Gasteiger partial charge in [-0.25, -0.2) is 4.79 Å². The first-order valence-corrected chi connectivity index (χ1v) is 12.3. The standard InChI is InChI=1S/C28H43NO3/c1-23(28(18-11-19-28)17-9-10-20-29)12-5-6-13-24-14-7-8-15-25(24)16-21-31-22-26(30)32-27(2,3)4/h5-6,12-13,16,23-24H,7-9,11,14-15,17-19,21-22,29H2,1-4H3/b12-5+,13-6+,25-16+. The van der Waals surface area contributed by atoms with Gasteiger partial charge in [0.15, 0.2) is 0 Å². The van der Waals surface area contributed by atoms with Crippen LogP contribution < -0.4 is 5.73 Å². The van der Waals surface area contributed by atoms with Gasteiger partial charge in [0, 0.05) is 12.5 Å². The molecule has 0 aromatic carbocycles. The fraction of sp³-hybridized carbons (Fsp3) is 0.679. The zero-order valence-corrected chi connectivity index (χ0v) is 20.6. The maximum Gasteiger partial charge on any atom is 0.332 e. The molecule has 2 saturated carbocycles. The fourth-order valence-electron chi connectivity index (χ4n) is 4.80. The van der Waals surface area contributed by atoms with Crippen LogP contribution in [0.5, 0.6) is 0 Å². The summed E-state index contributed by atoms with van der Waals surface area (Å²) in [6, 6.07) is 2.54. The van der Waals surface area contributed by atoms with Gasteiger partial charge in [-0.3, -0.25) is 0 Å². The number of hydrogen-bond donors (Lipinski definition) is 1. The van der Waals surface area contributed by atoms with Crippen LogP contribution in [0.25, 0.3) is 0 Å². The second-order valence-corrected chi connectivity index (χ2v) is 10.3. The van der Waals surface area contributed by atoms with Crippen molar-refractivity contribution in [3.8, 4) is 12.0 Å². The lowest BCUT2D eigenvalue weighted by atomic mass is 9.59. The summed E-state index contributed by atoms with van der Waals surface area (Å²) in [5.74, 6) is 3.74. The molecular formula is C28H43NO3. The smallest absolute Gasteiger partial charge is 0.332 e. The molecule has 0 saturated heterocycles. The highest BCUT2D eigenvalue weighted by Gasteiger charge is 2.39. The lowest BCUT2D eigenvalue weighted by molar-refractivity contribution is -0.159. The molecule has 0 heterocycles. The third kappa shape index (κ3) is 8.87. The number of ether oxygens (including phenoxy) is 2. The molecule has 2 atom stereocenters. The molecule has 2 aliphatic carbocycles. The van der Waals surface area contributed by atoms with Gasteiger partial charge < -0.3 is 15.2 Å². The van der Waals surface area contributed by atoms with Crippen LogP contribution in [0.15, 0.2) is 36.0 Å². The summed E-state index contributed by atoms with van der Waals surface area (Å²) in [6.07, 6.45) is 22.0. The van der Waals surface area contributed by atoms with E-state index in [-0.39, 0.29) is 12.6 Å². The van der Waals surface area contributed by atoms with Gasteiger partial charge in [0.05, 0.1) is 6.61 Å². The molecule has 32 heavy (non-hydrogen) atoms. The van der Waals surface area contributed by atoms with Crippen LogP contribution in [0.1, 0.15) is 85.5 Å². The van der Waals surface area contributed by atoms with Gasteiger partial charge in [-0.1, -0.05) is 61.6 Å². The van der Waals surface area contributed by atoms with Crippen molar-refractivity contribution >= 4 is 5.97 Å². The number of carbonyl (C=O) groups is 1. The molecule has 0 aromatic rings. The van der Waals surface area contributed by atoms with Crippen molar-refractivity contribution in [2.24, 2.45) is 23.0 Å². The zero-order chi connectivity index (χ0) is 23.5. The molecule has 0 aromatic heterocycles.